The Balaban J connectivity index is 2.09. The summed E-state index contributed by atoms with van der Waals surface area (Å²) in [6, 6.07) is 8.27. The second kappa shape index (κ2) is 6.79. The number of hydrogen-bond donors (Lipinski definition) is 0. The molecule has 3 rings (SSSR count). The van der Waals surface area contributed by atoms with Gasteiger partial charge in [0.05, 0.1) is 12.8 Å². The average molecular weight is 335 g/mol. The van der Waals surface area contributed by atoms with Crippen molar-refractivity contribution >= 4 is 10.9 Å². The SMILES string of the molecule is COc1c(C)ccc2c(C(C)(C)C)nc(CCc3ccncc3)nc12. The third-order valence-electron chi connectivity index (χ3n) is 4.37. The minimum Gasteiger partial charge on any atom is -0.494 e. The van der Waals surface area contributed by atoms with Crippen molar-refractivity contribution in [3.05, 3.63) is 59.3 Å². The Morgan fingerprint density at radius 1 is 0.960 bits per heavy atom. The minimum absolute atomic E-state index is 0.0626. The molecule has 0 saturated heterocycles. The van der Waals surface area contributed by atoms with E-state index in [0.717, 1.165) is 46.6 Å². The van der Waals surface area contributed by atoms with Gasteiger partial charge in [0.25, 0.3) is 0 Å². The van der Waals surface area contributed by atoms with Gasteiger partial charge in [0, 0.05) is 29.6 Å². The Bertz CT molecular complexity index is 883. The Kier molecular flexibility index (Phi) is 4.71. The van der Waals surface area contributed by atoms with Crippen molar-refractivity contribution in [3.63, 3.8) is 0 Å². The zero-order valence-electron chi connectivity index (χ0n) is 15.6. The van der Waals surface area contributed by atoms with Crippen LogP contribution >= 0.6 is 0 Å². The molecule has 0 radical (unpaired) electrons. The van der Waals surface area contributed by atoms with Crippen molar-refractivity contribution < 1.29 is 4.74 Å². The molecule has 0 atom stereocenters. The monoisotopic (exact) mass is 335 g/mol. The number of pyridine rings is 1. The first-order chi connectivity index (χ1) is 11.9. The number of aryl methyl sites for hydroxylation is 3. The van der Waals surface area contributed by atoms with Crippen molar-refractivity contribution in [2.75, 3.05) is 7.11 Å². The van der Waals surface area contributed by atoms with Gasteiger partial charge in [-0.3, -0.25) is 4.98 Å². The second-order valence-corrected chi connectivity index (χ2v) is 7.41. The number of rotatable bonds is 4. The van der Waals surface area contributed by atoms with Gasteiger partial charge >= 0.3 is 0 Å². The van der Waals surface area contributed by atoms with Gasteiger partial charge in [0.2, 0.25) is 0 Å². The smallest absolute Gasteiger partial charge is 0.148 e. The standard InChI is InChI=1S/C21H25N3O/c1-14-6-8-16-18(19(14)25-5)23-17(24-20(16)21(2,3)4)9-7-15-10-12-22-13-11-15/h6,8,10-13H,7,9H2,1-5H3. The number of hydrogen-bond acceptors (Lipinski definition) is 4. The number of fused-ring (bicyclic) bond motifs is 1. The van der Waals surface area contributed by atoms with Crippen LogP contribution in [0.3, 0.4) is 0 Å². The molecule has 0 aliphatic carbocycles. The van der Waals surface area contributed by atoms with Crippen LogP contribution in [0.1, 0.15) is 43.4 Å². The molecule has 0 amide bonds. The van der Waals surface area contributed by atoms with E-state index in [0.29, 0.717) is 0 Å². The van der Waals surface area contributed by atoms with E-state index in [1.807, 2.05) is 31.5 Å². The lowest BCUT2D eigenvalue weighted by Crippen LogP contribution is -2.17. The van der Waals surface area contributed by atoms with E-state index in [4.69, 9.17) is 14.7 Å². The molecule has 0 fully saturated rings. The minimum atomic E-state index is -0.0626. The Hall–Kier alpha value is -2.49. The first-order valence-electron chi connectivity index (χ1n) is 8.64. The molecule has 0 bridgehead atoms. The van der Waals surface area contributed by atoms with Crippen LogP contribution in [0.25, 0.3) is 10.9 Å². The Morgan fingerprint density at radius 2 is 1.68 bits per heavy atom. The van der Waals surface area contributed by atoms with Crippen LogP contribution in [-0.2, 0) is 18.3 Å². The maximum absolute atomic E-state index is 5.65. The van der Waals surface area contributed by atoms with Gasteiger partial charge in [-0.05, 0) is 36.6 Å². The van der Waals surface area contributed by atoms with E-state index in [-0.39, 0.29) is 5.41 Å². The summed E-state index contributed by atoms with van der Waals surface area (Å²) < 4.78 is 5.65. The van der Waals surface area contributed by atoms with Crippen LogP contribution in [-0.4, -0.2) is 22.1 Å². The van der Waals surface area contributed by atoms with E-state index in [9.17, 15) is 0 Å². The average Bonchev–Trinajstić information content (AvgIpc) is 2.59. The zero-order valence-corrected chi connectivity index (χ0v) is 15.6. The third-order valence-corrected chi connectivity index (χ3v) is 4.37. The number of benzene rings is 1. The van der Waals surface area contributed by atoms with E-state index in [1.165, 1.54) is 5.56 Å². The van der Waals surface area contributed by atoms with Crippen molar-refractivity contribution in [1.82, 2.24) is 15.0 Å². The molecule has 0 spiro atoms. The lowest BCUT2D eigenvalue weighted by Gasteiger charge is -2.22. The molecule has 0 saturated carbocycles. The Morgan fingerprint density at radius 3 is 2.32 bits per heavy atom. The number of ether oxygens (including phenoxy) is 1. The van der Waals surface area contributed by atoms with Crippen molar-refractivity contribution in [2.45, 2.75) is 46.0 Å². The molecule has 1 aromatic carbocycles. The van der Waals surface area contributed by atoms with Gasteiger partial charge in [-0.25, -0.2) is 9.97 Å². The summed E-state index contributed by atoms with van der Waals surface area (Å²) >= 11 is 0. The number of methoxy groups -OCH3 is 1. The van der Waals surface area contributed by atoms with Crippen LogP contribution in [0.15, 0.2) is 36.7 Å². The highest BCUT2D eigenvalue weighted by molar-refractivity contribution is 5.88. The highest BCUT2D eigenvalue weighted by atomic mass is 16.5. The Labute approximate surface area is 149 Å². The summed E-state index contributed by atoms with van der Waals surface area (Å²) in [5.41, 5.74) is 4.25. The molecule has 4 heteroatoms. The van der Waals surface area contributed by atoms with E-state index in [2.05, 4.69) is 37.9 Å². The van der Waals surface area contributed by atoms with Gasteiger partial charge in [0.15, 0.2) is 0 Å². The van der Waals surface area contributed by atoms with Gasteiger partial charge < -0.3 is 4.74 Å². The van der Waals surface area contributed by atoms with Crippen LogP contribution in [0.2, 0.25) is 0 Å². The summed E-state index contributed by atoms with van der Waals surface area (Å²) in [5.74, 6) is 1.70. The number of aromatic nitrogens is 3. The van der Waals surface area contributed by atoms with Gasteiger partial charge in [0.1, 0.15) is 17.1 Å². The predicted octanol–water partition coefficient (Wildman–Crippen LogP) is 4.42. The van der Waals surface area contributed by atoms with Gasteiger partial charge in [-0.1, -0.05) is 32.9 Å². The summed E-state index contributed by atoms with van der Waals surface area (Å²) in [5, 5.41) is 1.07. The van der Waals surface area contributed by atoms with Crippen LogP contribution in [0.5, 0.6) is 5.75 Å². The molecule has 25 heavy (non-hydrogen) atoms. The molecule has 4 nitrogen and oxygen atoms in total. The van der Waals surface area contributed by atoms with Crippen LogP contribution in [0.4, 0.5) is 0 Å². The first kappa shape index (κ1) is 17.3. The van der Waals surface area contributed by atoms with E-state index < -0.39 is 0 Å². The summed E-state index contributed by atoms with van der Waals surface area (Å²) in [4.78, 5) is 13.8. The van der Waals surface area contributed by atoms with Crippen molar-refractivity contribution in [1.29, 1.82) is 0 Å². The lowest BCUT2D eigenvalue weighted by molar-refractivity contribution is 0.415. The van der Waals surface area contributed by atoms with E-state index in [1.54, 1.807) is 7.11 Å². The molecule has 0 N–H and O–H groups in total. The third kappa shape index (κ3) is 3.63. The molecule has 2 aromatic heterocycles. The topological polar surface area (TPSA) is 47.9 Å². The molecule has 0 aliphatic heterocycles. The largest absolute Gasteiger partial charge is 0.494 e. The molecule has 0 aliphatic rings. The summed E-state index contributed by atoms with van der Waals surface area (Å²) in [6.07, 6.45) is 5.33. The molecular formula is C21H25N3O. The summed E-state index contributed by atoms with van der Waals surface area (Å²) in [7, 11) is 1.71. The van der Waals surface area contributed by atoms with Gasteiger partial charge in [-0.2, -0.15) is 0 Å². The quantitative estimate of drug-likeness (QED) is 0.708. The fourth-order valence-corrected chi connectivity index (χ4v) is 3.06. The maximum atomic E-state index is 5.65. The zero-order chi connectivity index (χ0) is 18.0. The normalized spacial score (nSPS) is 11.7. The molecule has 2 heterocycles. The second-order valence-electron chi connectivity index (χ2n) is 7.41. The highest BCUT2D eigenvalue weighted by Crippen LogP contribution is 2.34. The lowest BCUT2D eigenvalue weighted by atomic mass is 9.88. The molecule has 3 aromatic rings. The number of nitrogens with zero attached hydrogens (tertiary/aromatic N) is 3. The van der Waals surface area contributed by atoms with Gasteiger partial charge in [-0.15, -0.1) is 0 Å². The van der Waals surface area contributed by atoms with E-state index >= 15 is 0 Å². The fraction of sp³-hybridized carbons (Fsp3) is 0.381. The first-order valence-corrected chi connectivity index (χ1v) is 8.64. The molecule has 0 unspecified atom stereocenters. The molecule has 130 valence electrons. The summed E-state index contributed by atoms with van der Waals surface area (Å²) in [6.45, 7) is 8.61. The van der Waals surface area contributed by atoms with Crippen molar-refractivity contribution in [3.8, 4) is 5.75 Å². The maximum Gasteiger partial charge on any atom is 0.148 e. The highest BCUT2D eigenvalue weighted by Gasteiger charge is 2.22. The predicted molar refractivity (Wildman–Crippen MR) is 101 cm³/mol. The van der Waals surface area contributed by atoms with Crippen LogP contribution in [0, 0.1) is 6.92 Å². The molecular weight excluding hydrogens is 310 g/mol. The van der Waals surface area contributed by atoms with Crippen molar-refractivity contribution in [2.24, 2.45) is 0 Å². The fourth-order valence-electron chi connectivity index (χ4n) is 3.06. The van der Waals surface area contributed by atoms with Crippen LogP contribution < -0.4 is 4.74 Å².